The van der Waals surface area contributed by atoms with E-state index in [0.717, 1.165) is 4.70 Å². The summed E-state index contributed by atoms with van der Waals surface area (Å²) >= 11 is 1.22. The molecule has 4 aromatic rings. The lowest BCUT2D eigenvalue weighted by atomic mass is 10.2. The molecular weight excluding hydrogens is 406 g/mol. The summed E-state index contributed by atoms with van der Waals surface area (Å²) in [7, 11) is 1.67. The number of nitrogens with one attached hydrogen (secondary N) is 1. The first-order valence-electron chi connectivity index (χ1n) is 9.08. The van der Waals surface area contributed by atoms with Gasteiger partial charge in [0.1, 0.15) is 22.5 Å². The Morgan fingerprint density at radius 3 is 2.77 bits per heavy atom. The molecule has 0 bridgehead atoms. The van der Waals surface area contributed by atoms with Gasteiger partial charge >= 0.3 is 0 Å². The summed E-state index contributed by atoms with van der Waals surface area (Å²) in [4.78, 5) is 20.9. The number of aliphatic hydroxyl groups is 2. The molecule has 1 amide bonds. The van der Waals surface area contributed by atoms with Crippen molar-refractivity contribution in [2.24, 2.45) is 7.05 Å². The predicted molar refractivity (Wildman–Crippen MR) is 111 cm³/mol. The third-order valence-corrected chi connectivity index (χ3v) is 5.50. The van der Waals surface area contributed by atoms with Crippen molar-refractivity contribution in [1.29, 1.82) is 0 Å². The third kappa shape index (κ3) is 3.88. The number of para-hydroxylation sites is 1. The lowest BCUT2D eigenvalue weighted by molar-refractivity contribution is -0.129. The lowest BCUT2D eigenvalue weighted by Crippen LogP contribution is -2.33. The van der Waals surface area contributed by atoms with Crippen molar-refractivity contribution in [2.75, 3.05) is 5.32 Å². The fraction of sp³-hybridized carbons (Fsp3) is 0.200. The average Bonchev–Trinajstić information content (AvgIpc) is 3.29. The minimum atomic E-state index is -1.73. The number of hydrogen-bond donors (Lipinski definition) is 3. The number of fused-ring (bicyclic) bond motifs is 1. The van der Waals surface area contributed by atoms with Crippen molar-refractivity contribution in [1.82, 2.24) is 19.7 Å². The van der Waals surface area contributed by atoms with Crippen LogP contribution < -0.4 is 10.1 Å². The van der Waals surface area contributed by atoms with Gasteiger partial charge in [-0.25, -0.2) is 9.67 Å². The molecule has 1 aromatic carbocycles. The Kier molecular flexibility index (Phi) is 5.44. The molecule has 10 heteroatoms. The zero-order valence-electron chi connectivity index (χ0n) is 16.2. The maximum absolute atomic E-state index is 12.7. The molecule has 2 atom stereocenters. The molecule has 0 aliphatic heterocycles. The highest BCUT2D eigenvalue weighted by atomic mass is 32.1. The summed E-state index contributed by atoms with van der Waals surface area (Å²) in [5.41, 5.74) is 1.48. The van der Waals surface area contributed by atoms with Crippen molar-refractivity contribution in [3.05, 3.63) is 59.5 Å². The lowest BCUT2D eigenvalue weighted by Gasteiger charge is -2.16. The number of aromatic nitrogens is 4. The third-order valence-electron chi connectivity index (χ3n) is 4.40. The normalized spacial score (nSPS) is 13.2. The number of nitrogens with zero attached hydrogens (tertiary/aromatic N) is 4. The van der Waals surface area contributed by atoms with E-state index in [1.165, 1.54) is 22.2 Å². The topological polar surface area (TPSA) is 122 Å². The number of amides is 1. The SMILES string of the molecule is Cc1nn(C)c(Oc2cccnc2)c1NC(=O)[C@H](O)[C@@H](O)c1nc2ccccc2s1. The van der Waals surface area contributed by atoms with Crippen molar-refractivity contribution in [3.8, 4) is 11.6 Å². The number of pyridine rings is 1. The summed E-state index contributed by atoms with van der Waals surface area (Å²) in [5, 5.41) is 28.0. The van der Waals surface area contributed by atoms with Gasteiger partial charge < -0.3 is 20.3 Å². The number of rotatable bonds is 6. The number of aliphatic hydroxyl groups excluding tert-OH is 2. The summed E-state index contributed by atoms with van der Waals surface area (Å²) in [6.45, 7) is 1.70. The summed E-state index contributed by atoms with van der Waals surface area (Å²) in [6, 6.07) is 10.8. The maximum Gasteiger partial charge on any atom is 0.256 e. The van der Waals surface area contributed by atoms with Gasteiger partial charge in [-0.2, -0.15) is 5.10 Å². The first-order valence-corrected chi connectivity index (χ1v) is 9.89. The zero-order valence-corrected chi connectivity index (χ0v) is 17.0. The highest BCUT2D eigenvalue weighted by Crippen LogP contribution is 2.33. The van der Waals surface area contributed by atoms with Crippen LogP contribution in [0.5, 0.6) is 11.6 Å². The predicted octanol–water partition coefficient (Wildman–Crippen LogP) is 2.56. The summed E-state index contributed by atoms with van der Waals surface area (Å²) < 4.78 is 8.12. The van der Waals surface area contributed by atoms with Crippen LogP contribution in [0, 0.1) is 6.92 Å². The molecule has 154 valence electrons. The van der Waals surface area contributed by atoms with Crippen LogP contribution >= 0.6 is 11.3 Å². The fourth-order valence-corrected chi connectivity index (χ4v) is 3.89. The molecule has 30 heavy (non-hydrogen) atoms. The smallest absolute Gasteiger partial charge is 0.256 e. The number of anilines is 1. The minimum Gasteiger partial charge on any atom is -0.436 e. The van der Waals surface area contributed by atoms with Crippen LogP contribution in [0.25, 0.3) is 10.2 Å². The number of thiazole rings is 1. The van der Waals surface area contributed by atoms with E-state index in [-0.39, 0.29) is 10.9 Å². The van der Waals surface area contributed by atoms with Crippen LogP contribution in [0.3, 0.4) is 0 Å². The number of hydrogen-bond acceptors (Lipinski definition) is 8. The van der Waals surface area contributed by atoms with E-state index < -0.39 is 18.1 Å². The van der Waals surface area contributed by atoms with E-state index in [9.17, 15) is 15.0 Å². The van der Waals surface area contributed by atoms with Gasteiger partial charge in [-0.3, -0.25) is 9.78 Å². The van der Waals surface area contributed by atoms with Gasteiger partial charge in [-0.15, -0.1) is 11.3 Å². The number of carbonyl (C=O) groups excluding carboxylic acids is 1. The fourth-order valence-electron chi connectivity index (χ4n) is 2.91. The van der Waals surface area contributed by atoms with Crippen molar-refractivity contribution in [2.45, 2.75) is 19.1 Å². The zero-order chi connectivity index (χ0) is 21.3. The van der Waals surface area contributed by atoms with Crippen molar-refractivity contribution in [3.63, 3.8) is 0 Å². The van der Waals surface area contributed by atoms with E-state index in [1.807, 2.05) is 18.2 Å². The van der Waals surface area contributed by atoms with Gasteiger partial charge in [0.15, 0.2) is 6.10 Å². The molecule has 0 saturated carbocycles. The van der Waals surface area contributed by atoms with Gasteiger partial charge in [-0.1, -0.05) is 12.1 Å². The molecule has 0 spiro atoms. The maximum atomic E-state index is 12.7. The second kappa shape index (κ2) is 8.19. The largest absolute Gasteiger partial charge is 0.436 e. The molecule has 0 saturated heterocycles. The van der Waals surface area contributed by atoms with E-state index in [2.05, 4.69) is 20.4 Å². The molecule has 9 nitrogen and oxygen atoms in total. The van der Waals surface area contributed by atoms with Crippen molar-refractivity contribution >= 4 is 33.1 Å². The van der Waals surface area contributed by atoms with Crippen LogP contribution in [0.15, 0.2) is 48.8 Å². The highest BCUT2D eigenvalue weighted by Gasteiger charge is 2.30. The molecular formula is C20H19N5O4S. The molecule has 0 fully saturated rings. The van der Waals surface area contributed by atoms with Crippen molar-refractivity contribution < 1.29 is 19.7 Å². The Hall–Kier alpha value is -3.34. The molecule has 0 radical (unpaired) electrons. The molecule has 3 N–H and O–H groups in total. The number of benzene rings is 1. The summed E-state index contributed by atoms with van der Waals surface area (Å²) in [5.74, 6) is -0.0597. The number of ether oxygens (including phenoxy) is 1. The van der Waals surface area contributed by atoms with Gasteiger partial charge in [0.25, 0.3) is 5.91 Å². The van der Waals surface area contributed by atoms with Gasteiger partial charge in [-0.05, 0) is 31.2 Å². The monoisotopic (exact) mass is 425 g/mol. The van der Waals surface area contributed by atoms with Gasteiger partial charge in [0, 0.05) is 13.2 Å². The molecule has 0 aliphatic carbocycles. The molecule has 0 unspecified atom stereocenters. The molecule has 3 heterocycles. The Morgan fingerprint density at radius 1 is 1.23 bits per heavy atom. The van der Waals surface area contributed by atoms with Crippen LogP contribution in [0.2, 0.25) is 0 Å². The highest BCUT2D eigenvalue weighted by molar-refractivity contribution is 7.18. The quantitative estimate of drug-likeness (QED) is 0.434. The van der Waals surface area contributed by atoms with Crippen LogP contribution in [-0.2, 0) is 11.8 Å². The molecule has 4 rings (SSSR count). The Labute approximate surface area is 175 Å². The van der Waals surface area contributed by atoms with E-state index in [0.29, 0.717) is 22.6 Å². The van der Waals surface area contributed by atoms with Crippen LogP contribution in [0.1, 0.15) is 16.8 Å². The first-order chi connectivity index (χ1) is 14.4. The van der Waals surface area contributed by atoms with E-state index >= 15 is 0 Å². The minimum absolute atomic E-state index is 0.258. The number of aryl methyl sites for hydroxylation is 2. The Balaban J connectivity index is 1.54. The first kappa shape index (κ1) is 20.0. The summed E-state index contributed by atoms with van der Waals surface area (Å²) in [6.07, 6.45) is -0.0535. The second-order valence-corrected chi connectivity index (χ2v) is 7.64. The van der Waals surface area contributed by atoms with Crippen LogP contribution in [0.4, 0.5) is 5.69 Å². The van der Waals surface area contributed by atoms with E-state index in [1.54, 1.807) is 38.4 Å². The van der Waals surface area contributed by atoms with Crippen LogP contribution in [-0.4, -0.2) is 42.0 Å². The van der Waals surface area contributed by atoms with Gasteiger partial charge in [0.2, 0.25) is 5.88 Å². The van der Waals surface area contributed by atoms with E-state index in [4.69, 9.17) is 4.74 Å². The standard InChI is InChI=1S/C20H19N5O4S/c1-11-15(20(25(2)24-11)29-12-6-5-9-21-10-12)23-18(28)16(26)17(27)19-22-13-7-3-4-8-14(13)30-19/h3-10,16-17,26-27H,1-2H3,(H,23,28)/t16-,17-/m1/s1. The number of carbonyl (C=O) groups is 1. The molecule has 0 aliphatic rings. The van der Waals surface area contributed by atoms with Gasteiger partial charge in [0.05, 0.1) is 22.1 Å². The average molecular weight is 425 g/mol. The second-order valence-electron chi connectivity index (χ2n) is 6.58. The Bertz CT molecular complexity index is 1160. The molecule has 3 aromatic heterocycles. The Morgan fingerprint density at radius 2 is 2.03 bits per heavy atom.